The minimum absolute atomic E-state index is 0.0234. The number of hydroxylamine groups is 1. The molecule has 4 rings (SSSR count). The number of piperazine rings is 1. The van der Waals surface area contributed by atoms with E-state index in [1.165, 1.54) is 18.4 Å². The zero-order valence-electron chi connectivity index (χ0n) is 18.0. The molecule has 3 aliphatic rings. The van der Waals surface area contributed by atoms with Gasteiger partial charge in [-0.25, -0.2) is 5.48 Å². The quantitative estimate of drug-likeness (QED) is 0.442. The minimum atomic E-state index is -0.505. The number of hydrogen-bond donors (Lipinski definition) is 2. The van der Waals surface area contributed by atoms with E-state index in [9.17, 15) is 14.8 Å². The largest absolute Gasteiger partial charge is 0.368 e. The van der Waals surface area contributed by atoms with Gasteiger partial charge < -0.3 is 9.80 Å². The minimum Gasteiger partial charge on any atom is -0.368 e. The highest BCUT2D eigenvalue weighted by Crippen LogP contribution is 2.39. The van der Waals surface area contributed by atoms with Gasteiger partial charge in [0.25, 0.3) is 0 Å². The molecule has 0 bridgehead atoms. The monoisotopic (exact) mass is 422 g/mol. The van der Waals surface area contributed by atoms with Crippen molar-refractivity contribution in [3.63, 3.8) is 0 Å². The van der Waals surface area contributed by atoms with Crippen LogP contribution in [0.2, 0.25) is 0 Å². The molecule has 1 aliphatic heterocycles. The Kier molecular flexibility index (Phi) is 6.28. The summed E-state index contributed by atoms with van der Waals surface area (Å²) < 4.78 is 0. The van der Waals surface area contributed by atoms with Crippen molar-refractivity contribution in [2.45, 2.75) is 39.0 Å². The number of hydrogen-bond acceptors (Lipinski definition) is 5. The molecule has 0 unspecified atom stereocenters. The van der Waals surface area contributed by atoms with Crippen LogP contribution in [0, 0.1) is 36.0 Å². The lowest BCUT2D eigenvalue weighted by atomic mass is 9.75. The number of nitriles is 1. The van der Waals surface area contributed by atoms with Crippen molar-refractivity contribution >= 4 is 17.5 Å². The number of anilines is 1. The molecule has 3 fully saturated rings. The van der Waals surface area contributed by atoms with Crippen LogP contribution in [0.15, 0.2) is 29.8 Å². The first-order valence-electron chi connectivity index (χ1n) is 11.2. The molecule has 1 aromatic carbocycles. The summed E-state index contributed by atoms with van der Waals surface area (Å²) >= 11 is 0. The number of nitrogens with one attached hydrogen (secondary N) is 1. The molecule has 2 atom stereocenters. The Morgan fingerprint density at radius 3 is 2.52 bits per heavy atom. The smallest absolute Gasteiger partial charge is 0.247 e. The fraction of sp³-hybridized carbons (Fsp3) is 0.542. The van der Waals surface area contributed by atoms with Crippen molar-refractivity contribution in [2.24, 2.45) is 17.8 Å². The molecule has 1 saturated heterocycles. The van der Waals surface area contributed by atoms with Gasteiger partial charge >= 0.3 is 0 Å². The van der Waals surface area contributed by atoms with E-state index in [1.54, 1.807) is 5.48 Å². The average molecular weight is 423 g/mol. The van der Waals surface area contributed by atoms with Crippen molar-refractivity contribution in [1.29, 1.82) is 5.26 Å². The SMILES string of the molecule is Cc1cc(C#N)ccc1N1CCN(C(=O)[C@H]2CC/C(=C\C3CC3)C[C@@H]2C(=O)NO)CC1. The Balaban J connectivity index is 1.40. The summed E-state index contributed by atoms with van der Waals surface area (Å²) in [5.74, 6) is -0.678. The van der Waals surface area contributed by atoms with Crippen LogP contribution in [-0.2, 0) is 9.59 Å². The van der Waals surface area contributed by atoms with Gasteiger partial charge in [0.15, 0.2) is 0 Å². The molecule has 1 heterocycles. The predicted molar refractivity (Wildman–Crippen MR) is 116 cm³/mol. The number of nitrogens with zero attached hydrogens (tertiary/aromatic N) is 3. The molecular formula is C24H30N4O3. The standard InChI is InChI=1S/C24H30N4O3/c1-16-12-19(15-25)5-7-22(16)27-8-10-28(11-9-27)24(30)20-6-4-18(13-17-2-3-17)14-21(20)23(29)26-31/h5,7,12-13,17,20-21,31H,2-4,6,8-11,14H2,1H3,(H,26,29)/b18-13+/t20-,21-/m0/s1. The van der Waals surface area contributed by atoms with Gasteiger partial charge in [-0.1, -0.05) is 11.6 Å². The number of benzene rings is 1. The second-order valence-corrected chi connectivity index (χ2v) is 9.02. The highest BCUT2D eigenvalue weighted by molar-refractivity contribution is 5.88. The number of amides is 2. The van der Waals surface area contributed by atoms with Gasteiger partial charge in [-0.15, -0.1) is 0 Å². The lowest BCUT2D eigenvalue weighted by Gasteiger charge is -2.40. The second-order valence-electron chi connectivity index (χ2n) is 9.02. The Morgan fingerprint density at radius 2 is 1.90 bits per heavy atom. The first-order chi connectivity index (χ1) is 15.0. The third kappa shape index (κ3) is 4.75. The van der Waals surface area contributed by atoms with Crippen LogP contribution < -0.4 is 10.4 Å². The summed E-state index contributed by atoms with van der Waals surface area (Å²) in [5.41, 5.74) is 5.84. The normalized spacial score (nSPS) is 25.3. The fourth-order valence-corrected chi connectivity index (χ4v) is 4.95. The molecule has 31 heavy (non-hydrogen) atoms. The molecule has 2 aliphatic carbocycles. The van der Waals surface area contributed by atoms with Crippen molar-refractivity contribution in [1.82, 2.24) is 10.4 Å². The Hall–Kier alpha value is -2.85. The summed E-state index contributed by atoms with van der Waals surface area (Å²) in [7, 11) is 0. The molecule has 0 spiro atoms. The van der Waals surface area contributed by atoms with Crippen molar-refractivity contribution < 1.29 is 14.8 Å². The molecule has 0 aromatic heterocycles. The first-order valence-corrected chi connectivity index (χ1v) is 11.2. The highest BCUT2D eigenvalue weighted by Gasteiger charge is 2.40. The molecule has 2 saturated carbocycles. The van der Waals surface area contributed by atoms with Gasteiger partial charge in [-0.2, -0.15) is 5.26 Å². The zero-order valence-corrected chi connectivity index (χ0v) is 18.0. The number of carbonyl (C=O) groups excluding carboxylic acids is 2. The molecule has 164 valence electrons. The lowest BCUT2D eigenvalue weighted by Crippen LogP contribution is -2.53. The molecule has 1 aromatic rings. The summed E-state index contributed by atoms with van der Waals surface area (Å²) in [6, 6.07) is 7.85. The molecular weight excluding hydrogens is 392 g/mol. The molecule has 2 amide bonds. The van der Waals surface area contributed by atoms with E-state index in [1.807, 2.05) is 30.0 Å². The van der Waals surface area contributed by atoms with Crippen molar-refractivity contribution in [3.05, 3.63) is 41.0 Å². The van der Waals surface area contributed by atoms with Crippen LogP contribution in [0.25, 0.3) is 0 Å². The van der Waals surface area contributed by atoms with Crippen LogP contribution in [-0.4, -0.2) is 48.1 Å². The molecule has 7 heteroatoms. The van der Waals surface area contributed by atoms with E-state index in [-0.39, 0.29) is 11.8 Å². The van der Waals surface area contributed by atoms with Crippen LogP contribution >= 0.6 is 0 Å². The maximum atomic E-state index is 13.3. The first kappa shape index (κ1) is 21.4. The third-order valence-corrected chi connectivity index (χ3v) is 6.86. The van der Waals surface area contributed by atoms with Crippen LogP contribution in [0.3, 0.4) is 0 Å². The Morgan fingerprint density at radius 1 is 1.16 bits per heavy atom. The van der Waals surface area contributed by atoms with Gasteiger partial charge in [0.1, 0.15) is 0 Å². The summed E-state index contributed by atoms with van der Waals surface area (Å²) in [6.45, 7) is 4.64. The Labute approximate surface area is 183 Å². The lowest BCUT2D eigenvalue weighted by molar-refractivity contribution is -0.146. The Bertz CT molecular complexity index is 923. The third-order valence-electron chi connectivity index (χ3n) is 6.86. The van der Waals surface area contributed by atoms with Crippen LogP contribution in [0.5, 0.6) is 0 Å². The fourth-order valence-electron chi connectivity index (χ4n) is 4.95. The zero-order chi connectivity index (χ0) is 22.0. The molecule has 2 N–H and O–H groups in total. The molecule has 7 nitrogen and oxygen atoms in total. The van der Waals surface area contributed by atoms with Gasteiger partial charge in [-0.05, 0) is 68.7 Å². The van der Waals surface area contributed by atoms with Gasteiger partial charge in [-0.3, -0.25) is 14.8 Å². The van der Waals surface area contributed by atoms with Crippen molar-refractivity contribution in [3.8, 4) is 6.07 Å². The van der Waals surface area contributed by atoms with Crippen LogP contribution in [0.4, 0.5) is 5.69 Å². The number of aryl methyl sites for hydroxylation is 1. The van der Waals surface area contributed by atoms with Gasteiger partial charge in [0, 0.05) is 31.9 Å². The average Bonchev–Trinajstić information content (AvgIpc) is 3.62. The van der Waals surface area contributed by atoms with Gasteiger partial charge in [0.2, 0.25) is 11.8 Å². The van der Waals surface area contributed by atoms with E-state index < -0.39 is 11.8 Å². The molecule has 0 radical (unpaired) electrons. The van der Waals surface area contributed by atoms with E-state index in [0.717, 1.165) is 30.8 Å². The number of carbonyl (C=O) groups is 2. The highest BCUT2D eigenvalue weighted by atomic mass is 16.5. The maximum absolute atomic E-state index is 13.3. The number of rotatable bonds is 4. The predicted octanol–water partition coefficient (Wildman–Crippen LogP) is 2.77. The second kappa shape index (κ2) is 9.11. The summed E-state index contributed by atoms with van der Waals surface area (Å²) in [6.07, 6.45) is 6.77. The van der Waals surface area contributed by atoms with Crippen molar-refractivity contribution in [2.75, 3.05) is 31.1 Å². The summed E-state index contributed by atoms with van der Waals surface area (Å²) in [5, 5.41) is 18.3. The maximum Gasteiger partial charge on any atom is 0.247 e. The summed E-state index contributed by atoms with van der Waals surface area (Å²) in [4.78, 5) is 29.8. The van der Waals surface area contributed by atoms with E-state index in [0.29, 0.717) is 37.4 Å². The van der Waals surface area contributed by atoms with E-state index in [4.69, 9.17) is 5.26 Å². The number of allylic oxidation sites excluding steroid dienone is 2. The topological polar surface area (TPSA) is 96.7 Å². The van der Waals surface area contributed by atoms with E-state index >= 15 is 0 Å². The van der Waals surface area contributed by atoms with E-state index in [2.05, 4.69) is 17.0 Å². The van der Waals surface area contributed by atoms with Crippen LogP contribution in [0.1, 0.15) is 43.2 Å². The van der Waals surface area contributed by atoms with Gasteiger partial charge in [0.05, 0.1) is 23.5 Å².